The van der Waals surface area contributed by atoms with E-state index in [-0.39, 0.29) is 4.87 Å². The first-order valence-corrected chi connectivity index (χ1v) is 7.65. The average Bonchev–Trinajstić information content (AvgIpc) is 2.85. The zero-order valence-electron chi connectivity index (χ0n) is 12.0. The van der Waals surface area contributed by atoms with Gasteiger partial charge in [0.2, 0.25) is 0 Å². The predicted molar refractivity (Wildman–Crippen MR) is 84.4 cm³/mol. The molecule has 5 nitrogen and oxygen atoms in total. The van der Waals surface area contributed by atoms with E-state index in [0.29, 0.717) is 18.0 Å². The van der Waals surface area contributed by atoms with Crippen LogP contribution in [0.25, 0.3) is 11.3 Å². The Kier molecular flexibility index (Phi) is 4.80. The van der Waals surface area contributed by atoms with Gasteiger partial charge in [0, 0.05) is 16.6 Å². The number of nitrogen functional groups attached to an aromatic ring is 1. The van der Waals surface area contributed by atoms with Gasteiger partial charge in [-0.3, -0.25) is 9.36 Å². The number of hydrogen-bond donors (Lipinski definition) is 1. The molecule has 1 aromatic heterocycles. The monoisotopic (exact) mass is 306 g/mol. The van der Waals surface area contributed by atoms with Gasteiger partial charge in [-0.05, 0) is 25.5 Å². The molecule has 1 aromatic carbocycles. The van der Waals surface area contributed by atoms with E-state index >= 15 is 0 Å². The smallest absolute Gasteiger partial charge is 0.328 e. The van der Waals surface area contributed by atoms with Gasteiger partial charge in [0.25, 0.3) is 0 Å². The van der Waals surface area contributed by atoms with Gasteiger partial charge < -0.3 is 10.5 Å². The van der Waals surface area contributed by atoms with Crippen molar-refractivity contribution in [1.82, 2.24) is 4.57 Å². The van der Waals surface area contributed by atoms with Crippen LogP contribution in [0.15, 0.2) is 34.4 Å². The lowest BCUT2D eigenvalue weighted by atomic mass is 10.1. The minimum Gasteiger partial charge on any atom is -0.464 e. The van der Waals surface area contributed by atoms with E-state index in [4.69, 9.17) is 10.5 Å². The lowest BCUT2D eigenvalue weighted by Gasteiger charge is -2.15. The second kappa shape index (κ2) is 6.58. The van der Waals surface area contributed by atoms with Crippen LogP contribution >= 0.6 is 11.3 Å². The van der Waals surface area contributed by atoms with Crippen molar-refractivity contribution in [1.29, 1.82) is 0 Å². The number of nitrogens with two attached hydrogens (primary N) is 1. The van der Waals surface area contributed by atoms with Crippen LogP contribution in [0.2, 0.25) is 0 Å². The molecule has 21 heavy (non-hydrogen) atoms. The van der Waals surface area contributed by atoms with E-state index in [1.165, 1.54) is 4.57 Å². The molecule has 0 saturated carbocycles. The van der Waals surface area contributed by atoms with Gasteiger partial charge in [0.05, 0.1) is 12.3 Å². The number of esters is 1. The van der Waals surface area contributed by atoms with Crippen molar-refractivity contribution in [3.05, 3.63) is 39.3 Å². The summed E-state index contributed by atoms with van der Waals surface area (Å²) in [6, 6.07) is 6.57. The average molecular weight is 306 g/mol. The van der Waals surface area contributed by atoms with Crippen LogP contribution in [-0.4, -0.2) is 17.1 Å². The molecule has 1 heterocycles. The third kappa shape index (κ3) is 3.33. The summed E-state index contributed by atoms with van der Waals surface area (Å²) in [7, 11) is 0. The Bertz CT molecular complexity index is 690. The molecule has 2 N–H and O–H groups in total. The summed E-state index contributed by atoms with van der Waals surface area (Å²) >= 11 is 1.06. The summed E-state index contributed by atoms with van der Waals surface area (Å²) in [5.41, 5.74) is 7.88. The second-order valence-corrected chi connectivity index (χ2v) is 5.55. The maximum Gasteiger partial charge on any atom is 0.328 e. The molecular weight excluding hydrogens is 288 g/mol. The summed E-state index contributed by atoms with van der Waals surface area (Å²) in [6.07, 6.45) is 0.749. The van der Waals surface area contributed by atoms with E-state index in [9.17, 15) is 9.59 Å². The Balaban J connectivity index is 2.39. The molecule has 2 aromatic rings. The molecule has 1 atom stereocenters. The first-order chi connectivity index (χ1) is 10.0. The molecule has 0 aliphatic carbocycles. The van der Waals surface area contributed by atoms with Crippen LogP contribution in [0, 0.1) is 0 Å². The molecule has 112 valence electrons. The minimum atomic E-state index is -0.660. The minimum absolute atomic E-state index is 0.187. The standard InChI is InChI=1S/C15H18N2O3S/c1-3-7-20-14(18)10(2)17-13(9-21-15(17)19)11-5-4-6-12(16)8-11/h4-6,8-10H,3,7,16H2,1-2H3. The van der Waals surface area contributed by atoms with Crippen molar-refractivity contribution in [2.75, 3.05) is 12.3 Å². The third-order valence-corrected chi connectivity index (χ3v) is 3.83. The van der Waals surface area contributed by atoms with Crippen molar-refractivity contribution >= 4 is 23.0 Å². The number of anilines is 1. The van der Waals surface area contributed by atoms with Crippen LogP contribution in [0.4, 0.5) is 5.69 Å². The first kappa shape index (κ1) is 15.3. The van der Waals surface area contributed by atoms with E-state index in [0.717, 1.165) is 23.3 Å². The van der Waals surface area contributed by atoms with Crippen LogP contribution in [0.1, 0.15) is 26.3 Å². The highest BCUT2D eigenvalue weighted by Gasteiger charge is 2.22. The summed E-state index contributed by atoms with van der Waals surface area (Å²) in [6.45, 7) is 3.95. The molecule has 0 radical (unpaired) electrons. The number of carbonyl (C=O) groups excluding carboxylic acids is 1. The third-order valence-electron chi connectivity index (χ3n) is 3.09. The first-order valence-electron chi connectivity index (χ1n) is 6.77. The topological polar surface area (TPSA) is 74.3 Å². The molecule has 0 amide bonds. The number of thiazole rings is 1. The molecule has 0 fully saturated rings. The molecule has 0 aliphatic rings. The fourth-order valence-corrected chi connectivity index (χ4v) is 2.85. The van der Waals surface area contributed by atoms with Crippen LogP contribution in [0.3, 0.4) is 0 Å². The molecular formula is C15H18N2O3S. The molecule has 2 rings (SSSR count). The number of carbonyl (C=O) groups is 1. The van der Waals surface area contributed by atoms with Gasteiger partial charge in [-0.2, -0.15) is 0 Å². The zero-order chi connectivity index (χ0) is 15.4. The molecule has 1 unspecified atom stereocenters. The lowest BCUT2D eigenvalue weighted by Crippen LogP contribution is -2.26. The van der Waals surface area contributed by atoms with Crippen molar-refractivity contribution in [2.24, 2.45) is 0 Å². The van der Waals surface area contributed by atoms with E-state index < -0.39 is 12.0 Å². The highest BCUT2D eigenvalue weighted by molar-refractivity contribution is 7.07. The quantitative estimate of drug-likeness (QED) is 0.681. The van der Waals surface area contributed by atoms with E-state index in [1.807, 2.05) is 19.1 Å². The molecule has 0 aliphatic heterocycles. The summed E-state index contributed by atoms with van der Waals surface area (Å²) in [5, 5.41) is 1.74. The predicted octanol–water partition coefficient (Wildman–Crippen LogP) is 2.67. The van der Waals surface area contributed by atoms with Gasteiger partial charge in [0.15, 0.2) is 0 Å². The maximum atomic E-state index is 12.1. The summed E-state index contributed by atoms with van der Waals surface area (Å²) in [4.78, 5) is 23.9. The van der Waals surface area contributed by atoms with E-state index in [1.54, 1.807) is 24.4 Å². The van der Waals surface area contributed by atoms with Crippen molar-refractivity contribution in [3.63, 3.8) is 0 Å². The van der Waals surface area contributed by atoms with Crippen LogP contribution in [-0.2, 0) is 9.53 Å². The van der Waals surface area contributed by atoms with Crippen molar-refractivity contribution in [3.8, 4) is 11.3 Å². The lowest BCUT2D eigenvalue weighted by molar-refractivity contribution is -0.147. The maximum absolute atomic E-state index is 12.1. The summed E-state index contributed by atoms with van der Waals surface area (Å²) < 4.78 is 6.58. The van der Waals surface area contributed by atoms with Gasteiger partial charge in [-0.25, -0.2) is 4.79 Å². The Morgan fingerprint density at radius 2 is 2.24 bits per heavy atom. The van der Waals surface area contributed by atoms with Crippen molar-refractivity contribution < 1.29 is 9.53 Å². The fraction of sp³-hybridized carbons (Fsp3) is 0.333. The number of benzene rings is 1. The van der Waals surface area contributed by atoms with Crippen LogP contribution < -0.4 is 10.6 Å². The molecule has 6 heteroatoms. The van der Waals surface area contributed by atoms with Crippen molar-refractivity contribution in [2.45, 2.75) is 26.3 Å². The fourth-order valence-electron chi connectivity index (χ4n) is 2.02. The van der Waals surface area contributed by atoms with E-state index in [2.05, 4.69) is 0 Å². The second-order valence-electron chi connectivity index (χ2n) is 4.73. The number of aromatic nitrogens is 1. The Morgan fingerprint density at radius 1 is 1.48 bits per heavy atom. The zero-order valence-corrected chi connectivity index (χ0v) is 12.9. The largest absolute Gasteiger partial charge is 0.464 e. The Hall–Kier alpha value is -2.08. The van der Waals surface area contributed by atoms with Gasteiger partial charge in [-0.15, -0.1) is 0 Å². The number of nitrogens with zero attached hydrogens (tertiary/aromatic N) is 1. The van der Waals surface area contributed by atoms with Gasteiger partial charge in [-0.1, -0.05) is 30.4 Å². The Morgan fingerprint density at radius 3 is 2.90 bits per heavy atom. The number of hydrogen-bond acceptors (Lipinski definition) is 5. The SMILES string of the molecule is CCCOC(=O)C(C)n1c(-c2cccc(N)c2)csc1=O. The van der Waals surface area contributed by atoms with Gasteiger partial charge >= 0.3 is 10.8 Å². The number of rotatable bonds is 5. The highest BCUT2D eigenvalue weighted by Crippen LogP contribution is 2.25. The van der Waals surface area contributed by atoms with Crippen LogP contribution in [0.5, 0.6) is 0 Å². The molecule has 0 saturated heterocycles. The molecule has 0 spiro atoms. The number of ether oxygens (including phenoxy) is 1. The molecule has 0 bridgehead atoms. The summed E-state index contributed by atoms with van der Waals surface area (Å²) in [5.74, 6) is -0.400. The highest BCUT2D eigenvalue weighted by atomic mass is 32.1. The normalized spacial score (nSPS) is 12.1. The van der Waals surface area contributed by atoms with Gasteiger partial charge in [0.1, 0.15) is 6.04 Å². The Labute approximate surface area is 127 Å².